The van der Waals surface area contributed by atoms with E-state index in [-0.39, 0.29) is 0 Å². The van der Waals surface area contributed by atoms with Crippen LogP contribution < -0.4 is 9.47 Å². The molecule has 23 heavy (non-hydrogen) atoms. The first-order chi connectivity index (χ1) is 11.3. The maximum absolute atomic E-state index is 5.64. The number of para-hydroxylation sites is 1. The van der Waals surface area contributed by atoms with Gasteiger partial charge in [-0.05, 0) is 30.7 Å². The predicted molar refractivity (Wildman–Crippen MR) is 86.5 cm³/mol. The highest BCUT2D eigenvalue weighted by Gasteiger charge is 2.09. The fraction of sp³-hybridized carbons (Fsp3) is 0.222. The quantitative estimate of drug-likeness (QED) is 0.622. The molecule has 2 aromatic carbocycles. The Labute approximate surface area is 134 Å². The summed E-state index contributed by atoms with van der Waals surface area (Å²) < 4.78 is 16.1. The molecular formula is C18H18N2O3. The molecule has 0 spiro atoms. The van der Waals surface area contributed by atoms with Crippen molar-refractivity contribution in [2.24, 2.45) is 0 Å². The lowest BCUT2D eigenvalue weighted by Gasteiger charge is -2.03. The van der Waals surface area contributed by atoms with Gasteiger partial charge in [0.15, 0.2) is 0 Å². The summed E-state index contributed by atoms with van der Waals surface area (Å²) >= 11 is 0. The minimum atomic E-state index is 0.572. The van der Waals surface area contributed by atoms with Crippen LogP contribution >= 0.6 is 0 Å². The summed E-state index contributed by atoms with van der Waals surface area (Å²) in [6, 6.07) is 17.3. The van der Waals surface area contributed by atoms with Gasteiger partial charge in [0.25, 0.3) is 0 Å². The van der Waals surface area contributed by atoms with E-state index in [4.69, 9.17) is 14.0 Å². The number of hydrogen-bond donors (Lipinski definition) is 0. The standard InChI is InChI=1S/C18H18N2O3/c1-21-16-10-5-7-14(13-16)18-19-17(23-20-18)11-6-12-22-15-8-3-2-4-9-15/h2-5,7-10,13H,6,11-12H2,1H3. The molecule has 118 valence electrons. The molecule has 5 heteroatoms. The second kappa shape index (κ2) is 7.45. The minimum absolute atomic E-state index is 0.572. The maximum Gasteiger partial charge on any atom is 0.227 e. The van der Waals surface area contributed by atoms with Gasteiger partial charge in [-0.2, -0.15) is 4.98 Å². The van der Waals surface area contributed by atoms with E-state index in [2.05, 4.69) is 10.1 Å². The molecule has 1 heterocycles. The minimum Gasteiger partial charge on any atom is -0.497 e. The van der Waals surface area contributed by atoms with Gasteiger partial charge in [0.05, 0.1) is 13.7 Å². The third kappa shape index (κ3) is 4.10. The Kier molecular flexibility index (Phi) is 4.88. The maximum atomic E-state index is 5.64. The van der Waals surface area contributed by atoms with Crippen molar-refractivity contribution in [2.45, 2.75) is 12.8 Å². The smallest absolute Gasteiger partial charge is 0.227 e. The van der Waals surface area contributed by atoms with Gasteiger partial charge >= 0.3 is 0 Å². The zero-order valence-corrected chi connectivity index (χ0v) is 12.9. The largest absolute Gasteiger partial charge is 0.497 e. The van der Waals surface area contributed by atoms with E-state index in [1.807, 2.05) is 54.6 Å². The number of nitrogens with zero attached hydrogens (tertiary/aromatic N) is 2. The second-order valence-electron chi connectivity index (χ2n) is 5.01. The molecule has 0 unspecified atom stereocenters. The van der Waals surface area contributed by atoms with Crippen molar-refractivity contribution in [1.29, 1.82) is 0 Å². The summed E-state index contributed by atoms with van der Waals surface area (Å²) in [7, 11) is 1.63. The lowest BCUT2D eigenvalue weighted by molar-refractivity contribution is 0.298. The molecule has 0 amide bonds. The Morgan fingerprint density at radius 1 is 1.00 bits per heavy atom. The fourth-order valence-electron chi connectivity index (χ4n) is 2.17. The van der Waals surface area contributed by atoms with Gasteiger partial charge in [-0.25, -0.2) is 0 Å². The van der Waals surface area contributed by atoms with Crippen molar-refractivity contribution < 1.29 is 14.0 Å². The van der Waals surface area contributed by atoms with Gasteiger partial charge in [-0.1, -0.05) is 35.5 Å². The van der Waals surface area contributed by atoms with Crippen molar-refractivity contribution in [1.82, 2.24) is 10.1 Å². The molecule has 0 aliphatic rings. The lowest BCUT2D eigenvalue weighted by Crippen LogP contribution is -1.99. The number of methoxy groups -OCH3 is 1. The third-order valence-corrected chi connectivity index (χ3v) is 3.34. The van der Waals surface area contributed by atoms with Gasteiger partial charge in [0, 0.05) is 12.0 Å². The number of aryl methyl sites for hydroxylation is 1. The average Bonchev–Trinajstić information content (AvgIpc) is 3.09. The van der Waals surface area contributed by atoms with Crippen molar-refractivity contribution in [3.63, 3.8) is 0 Å². The molecule has 0 bridgehead atoms. The highest BCUT2D eigenvalue weighted by Crippen LogP contribution is 2.21. The fourth-order valence-corrected chi connectivity index (χ4v) is 2.17. The molecule has 1 aromatic heterocycles. The summed E-state index contributed by atoms with van der Waals surface area (Å²) in [6.45, 7) is 0.612. The monoisotopic (exact) mass is 310 g/mol. The van der Waals surface area contributed by atoms with E-state index in [1.165, 1.54) is 0 Å². The summed E-state index contributed by atoms with van der Waals surface area (Å²) in [5, 5.41) is 4.02. The van der Waals surface area contributed by atoms with Crippen LogP contribution in [0.15, 0.2) is 59.1 Å². The molecule has 0 aliphatic carbocycles. The van der Waals surface area contributed by atoms with Crippen molar-refractivity contribution in [3.8, 4) is 22.9 Å². The van der Waals surface area contributed by atoms with Crippen LogP contribution in [0, 0.1) is 0 Å². The van der Waals surface area contributed by atoms with Crippen LogP contribution in [0.25, 0.3) is 11.4 Å². The highest BCUT2D eigenvalue weighted by atomic mass is 16.5. The Balaban J connectivity index is 1.53. The van der Waals surface area contributed by atoms with E-state index < -0.39 is 0 Å². The Morgan fingerprint density at radius 3 is 2.65 bits per heavy atom. The number of ether oxygens (including phenoxy) is 2. The molecule has 0 N–H and O–H groups in total. The molecule has 0 saturated carbocycles. The molecular weight excluding hydrogens is 292 g/mol. The lowest BCUT2D eigenvalue weighted by atomic mass is 10.2. The Morgan fingerprint density at radius 2 is 1.83 bits per heavy atom. The highest BCUT2D eigenvalue weighted by molar-refractivity contribution is 5.56. The van der Waals surface area contributed by atoms with Crippen molar-refractivity contribution in [3.05, 3.63) is 60.5 Å². The zero-order valence-electron chi connectivity index (χ0n) is 12.9. The van der Waals surface area contributed by atoms with Crippen LogP contribution in [0.5, 0.6) is 11.5 Å². The van der Waals surface area contributed by atoms with E-state index in [1.54, 1.807) is 7.11 Å². The topological polar surface area (TPSA) is 57.4 Å². The molecule has 0 radical (unpaired) electrons. The summed E-state index contributed by atoms with van der Waals surface area (Å²) in [5.74, 6) is 2.82. The van der Waals surface area contributed by atoms with Crippen LogP contribution in [0.4, 0.5) is 0 Å². The van der Waals surface area contributed by atoms with E-state index in [9.17, 15) is 0 Å². The number of hydrogen-bond acceptors (Lipinski definition) is 5. The predicted octanol–water partition coefficient (Wildman–Crippen LogP) is 3.76. The van der Waals surface area contributed by atoms with Crippen LogP contribution in [-0.2, 0) is 6.42 Å². The summed E-state index contributed by atoms with van der Waals surface area (Å²) in [6.07, 6.45) is 1.50. The van der Waals surface area contributed by atoms with Crippen LogP contribution in [0.2, 0.25) is 0 Å². The average molecular weight is 310 g/mol. The van der Waals surface area contributed by atoms with Crippen molar-refractivity contribution >= 4 is 0 Å². The van der Waals surface area contributed by atoms with E-state index in [0.717, 1.165) is 23.5 Å². The number of rotatable bonds is 7. The normalized spacial score (nSPS) is 10.5. The van der Waals surface area contributed by atoms with Gasteiger partial charge in [-0.15, -0.1) is 0 Å². The zero-order chi connectivity index (χ0) is 15.9. The third-order valence-electron chi connectivity index (χ3n) is 3.34. The first kappa shape index (κ1) is 15.1. The molecule has 5 nitrogen and oxygen atoms in total. The van der Waals surface area contributed by atoms with Crippen LogP contribution in [-0.4, -0.2) is 23.9 Å². The number of benzene rings is 2. The molecule has 0 fully saturated rings. The first-order valence-electron chi connectivity index (χ1n) is 7.50. The van der Waals surface area contributed by atoms with E-state index >= 15 is 0 Å². The molecule has 0 aliphatic heterocycles. The molecule has 3 rings (SSSR count). The van der Waals surface area contributed by atoms with Crippen LogP contribution in [0.3, 0.4) is 0 Å². The Hall–Kier alpha value is -2.82. The van der Waals surface area contributed by atoms with Gasteiger partial charge < -0.3 is 14.0 Å². The molecule has 0 saturated heterocycles. The van der Waals surface area contributed by atoms with Crippen LogP contribution in [0.1, 0.15) is 12.3 Å². The second-order valence-corrected chi connectivity index (χ2v) is 5.01. The summed E-state index contributed by atoms with van der Waals surface area (Å²) in [5.41, 5.74) is 0.875. The summed E-state index contributed by atoms with van der Waals surface area (Å²) in [4.78, 5) is 4.41. The molecule has 3 aromatic rings. The SMILES string of the molecule is COc1cccc(-c2noc(CCCOc3ccccc3)n2)c1. The van der Waals surface area contributed by atoms with Gasteiger partial charge in [0.2, 0.25) is 11.7 Å². The molecule has 0 atom stereocenters. The van der Waals surface area contributed by atoms with Gasteiger partial charge in [-0.3, -0.25) is 0 Å². The Bertz CT molecular complexity index is 741. The van der Waals surface area contributed by atoms with Crippen molar-refractivity contribution in [2.75, 3.05) is 13.7 Å². The van der Waals surface area contributed by atoms with E-state index in [0.29, 0.717) is 24.7 Å². The van der Waals surface area contributed by atoms with Gasteiger partial charge in [0.1, 0.15) is 11.5 Å². The number of aromatic nitrogens is 2. The first-order valence-corrected chi connectivity index (χ1v) is 7.50.